The second-order valence-electron chi connectivity index (χ2n) is 4.09. The van der Waals surface area contributed by atoms with Crippen LogP contribution in [0.2, 0.25) is 0 Å². The third-order valence-corrected chi connectivity index (χ3v) is 4.61. The highest BCUT2D eigenvalue weighted by atomic mass is 32.2. The molecule has 1 unspecified atom stereocenters. The van der Waals surface area contributed by atoms with E-state index < -0.39 is 0 Å². The highest BCUT2D eigenvalue weighted by Gasteiger charge is 2.11. The van der Waals surface area contributed by atoms with Gasteiger partial charge in [0.2, 0.25) is 0 Å². The van der Waals surface area contributed by atoms with Gasteiger partial charge in [0.05, 0.1) is 0 Å². The van der Waals surface area contributed by atoms with Gasteiger partial charge in [-0.15, -0.1) is 11.3 Å². The summed E-state index contributed by atoms with van der Waals surface area (Å²) < 4.78 is 0. The zero-order valence-corrected chi connectivity index (χ0v) is 12.8. The molecule has 0 radical (unpaired) electrons. The van der Waals surface area contributed by atoms with Gasteiger partial charge in [0.25, 0.3) is 0 Å². The van der Waals surface area contributed by atoms with Crippen LogP contribution in [0.4, 0.5) is 5.13 Å². The second-order valence-corrected chi connectivity index (χ2v) is 6.12. The molecule has 1 aromatic heterocycles. The first-order chi connectivity index (χ1) is 8.19. The molecule has 5 heteroatoms. The molecule has 0 amide bonds. The summed E-state index contributed by atoms with van der Waals surface area (Å²) in [5.41, 5.74) is 0. The third-order valence-electron chi connectivity index (χ3n) is 2.62. The van der Waals surface area contributed by atoms with Crippen molar-refractivity contribution in [3.05, 3.63) is 11.1 Å². The molecule has 1 rings (SSSR count). The number of hydrogen-bond donors (Lipinski definition) is 1. The van der Waals surface area contributed by atoms with E-state index in [4.69, 9.17) is 0 Å². The van der Waals surface area contributed by atoms with E-state index in [-0.39, 0.29) is 0 Å². The number of hydrogen-bond acceptors (Lipinski definition) is 5. The van der Waals surface area contributed by atoms with E-state index in [1.165, 1.54) is 17.1 Å². The van der Waals surface area contributed by atoms with Crippen LogP contribution in [-0.4, -0.2) is 37.1 Å². The highest BCUT2D eigenvalue weighted by molar-refractivity contribution is 7.98. The van der Waals surface area contributed by atoms with Gasteiger partial charge in [-0.05, 0) is 31.9 Å². The zero-order valence-electron chi connectivity index (χ0n) is 11.2. The monoisotopic (exact) mass is 273 g/mol. The number of anilines is 1. The average Bonchev–Trinajstić information content (AvgIpc) is 2.79. The van der Waals surface area contributed by atoms with Gasteiger partial charge in [-0.3, -0.25) is 0 Å². The van der Waals surface area contributed by atoms with Crippen LogP contribution >= 0.6 is 23.1 Å². The summed E-state index contributed by atoms with van der Waals surface area (Å²) in [7, 11) is 2.13. The SMILES string of the molecule is CCNC(C)c1cnc(N(C)CCCSC)s1. The molecule has 1 atom stereocenters. The minimum atomic E-state index is 0.408. The molecule has 0 aromatic carbocycles. The molecule has 0 saturated heterocycles. The van der Waals surface area contributed by atoms with Crippen LogP contribution in [0.3, 0.4) is 0 Å². The van der Waals surface area contributed by atoms with E-state index in [1.54, 1.807) is 11.3 Å². The Hall–Kier alpha value is -0.260. The van der Waals surface area contributed by atoms with Gasteiger partial charge in [0, 0.05) is 30.7 Å². The number of aromatic nitrogens is 1. The molecule has 0 aliphatic carbocycles. The van der Waals surface area contributed by atoms with Crippen LogP contribution in [0.5, 0.6) is 0 Å². The van der Waals surface area contributed by atoms with Crippen LogP contribution in [0.1, 0.15) is 31.2 Å². The van der Waals surface area contributed by atoms with Crippen molar-refractivity contribution >= 4 is 28.2 Å². The Kier molecular flexibility index (Phi) is 6.92. The summed E-state index contributed by atoms with van der Waals surface area (Å²) in [5.74, 6) is 1.22. The minimum absolute atomic E-state index is 0.408. The molecule has 17 heavy (non-hydrogen) atoms. The van der Waals surface area contributed by atoms with Gasteiger partial charge in [-0.2, -0.15) is 11.8 Å². The van der Waals surface area contributed by atoms with Gasteiger partial charge in [-0.25, -0.2) is 4.98 Å². The maximum absolute atomic E-state index is 4.50. The highest BCUT2D eigenvalue weighted by Crippen LogP contribution is 2.26. The Morgan fingerprint density at radius 1 is 1.59 bits per heavy atom. The maximum atomic E-state index is 4.50. The predicted molar refractivity (Wildman–Crippen MR) is 80.5 cm³/mol. The fourth-order valence-corrected chi connectivity index (χ4v) is 2.95. The molecule has 0 aliphatic heterocycles. The Labute approximate surface area is 113 Å². The summed E-state index contributed by atoms with van der Waals surface area (Å²) in [6, 6.07) is 0.408. The number of rotatable bonds is 8. The summed E-state index contributed by atoms with van der Waals surface area (Å²) in [6.45, 7) is 6.41. The molecule has 1 aromatic rings. The number of thioether (sulfide) groups is 1. The van der Waals surface area contributed by atoms with Crippen molar-refractivity contribution in [3.8, 4) is 0 Å². The molecule has 0 bridgehead atoms. The molecule has 1 N–H and O–H groups in total. The molecule has 3 nitrogen and oxygen atoms in total. The lowest BCUT2D eigenvalue weighted by atomic mass is 10.3. The average molecular weight is 273 g/mol. The van der Waals surface area contributed by atoms with Gasteiger partial charge in [0.15, 0.2) is 5.13 Å². The van der Waals surface area contributed by atoms with E-state index in [0.717, 1.165) is 18.2 Å². The third kappa shape index (κ3) is 4.85. The molecule has 0 fully saturated rings. The van der Waals surface area contributed by atoms with E-state index in [0.29, 0.717) is 6.04 Å². The van der Waals surface area contributed by atoms with Crippen molar-refractivity contribution in [2.45, 2.75) is 26.3 Å². The molecular weight excluding hydrogens is 250 g/mol. The lowest BCUT2D eigenvalue weighted by molar-refractivity contribution is 0.606. The summed E-state index contributed by atoms with van der Waals surface area (Å²) in [6.07, 6.45) is 5.37. The predicted octanol–water partition coefficient (Wildman–Crippen LogP) is 3.00. The number of nitrogens with zero attached hydrogens (tertiary/aromatic N) is 2. The molecule has 1 heterocycles. The first-order valence-corrected chi connectivity index (χ1v) is 8.29. The second kappa shape index (κ2) is 7.95. The Morgan fingerprint density at radius 2 is 2.35 bits per heavy atom. The van der Waals surface area contributed by atoms with E-state index in [2.05, 4.69) is 42.4 Å². The number of nitrogens with one attached hydrogen (secondary N) is 1. The smallest absolute Gasteiger partial charge is 0.185 e. The molecule has 0 spiro atoms. The van der Waals surface area contributed by atoms with Crippen LogP contribution in [0.15, 0.2) is 6.20 Å². The Bertz CT molecular complexity index is 314. The van der Waals surface area contributed by atoms with Crippen LogP contribution in [0.25, 0.3) is 0 Å². The Morgan fingerprint density at radius 3 is 3.00 bits per heavy atom. The molecule has 0 aliphatic rings. The van der Waals surface area contributed by atoms with Gasteiger partial charge in [0.1, 0.15) is 0 Å². The quantitative estimate of drug-likeness (QED) is 0.737. The van der Waals surface area contributed by atoms with Gasteiger partial charge in [-0.1, -0.05) is 6.92 Å². The van der Waals surface area contributed by atoms with Crippen LogP contribution in [-0.2, 0) is 0 Å². The van der Waals surface area contributed by atoms with E-state index in [1.807, 2.05) is 18.0 Å². The standard InChI is InChI=1S/C12H23N3S2/c1-5-13-10(2)11-9-14-12(17-11)15(3)7-6-8-16-4/h9-10,13H,5-8H2,1-4H3. The number of thiazole rings is 1. The lowest BCUT2D eigenvalue weighted by Crippen LogP contribution is -2.18. The summed E-state index contributed by atoms with van der Waals surface area (Å²) in [4.78, 5) is 8.07. The van der Waals surface area contributed by atoms with Crippen molar-refractivity contribution in [3.63, 3.8) is 0 Å². The van der Waals surface area contributed by atoms with Crippen molar-refractivity contribution < 1.29 is 0 Å². The van der Waals surface area contributed by atoms with E-state index >= 15 is 0 Å². The summed E-state index contributed by atoms with van der Waals surface area (Å²) >= 11 is 3.69. The summed E-state index contributed by atoms with van der Waals surface area (Å²) in [5, 5.41) is 4.55. The lowest BCUT2D eigenvalue weighted by Gasteiger charge is -2.15. The van der Waals surface area contributed by atoms with Crippen molar-refractivity contribution in [1.82, 2.24) is 10.3 Å². The van der Waals surface area contributed by atoms with Crippen LogP contribution < -0.4 is 10.2 Å². The fraction of sp³-hybridized carbons (Fsp3) is 0.750. The van der Waals surface area contributed by atoms with E-state index in [9.17, 15) is 0 Å². The topological polar surface area (TPSA) is 28.2 Å². The fourth-order valence-electron chi connectivity index (χ4n) is 1.60. The Balaban J connectivity index is 2.48. The molecule has 98 valence electrons. The van der Waals surface area contributed by atoms with Crippen molar-refractivity contribution in [1.29, 1.82) is 0 Å². The van der Waals surface area contributed by atoms with Crippen molar-refractivity contribution in [2.24, 2.45) is 0 Å². The maximum Gasteiger partial charge on any atom is 0.185 e. The largest absolute Gasteiger partial charge is 0.351 e. The van der Waals surface area contributed by atoms with Gasteiger partial charge < -0.3 is 10.2 Å². The molecule has 0 saturated carbocycles. The minimum Gasteiger partial charge on any atom is -0.351 e. The normalized spacial score (nSPS) is 12.7. The first-order valence-electron chi connectivity index (χ1n) is 6.08. The van der Waals surface area contributed by atoms with Crippen LogP contribution in [0, 0.1) is 0 Å². The first kappa shape index (κ1) is 14.8. The van der Waals surface area contributed by atoms with Crippen molar-refractivity contribution in [2.75, 3.05) is 37.0 Å². The molecular formula is C12H23N3S2. The zero-order chi connectivity index (χ0) is 12.7. The van der Waals surface area contributed by atoms with Gasteiger partial charge >= 0.3 is 0 Å².